The second kappa shape index (κ2) is 9.87. The number of sulfonamides is 1. The summed E-state index contributed by atoms with van der Waals surface area (Å²) in [7, 11) is -3.95. The molecule has 2 aliphatic heterocycles. The fourth-order valence-corrected chi connectivity index (χ4v) is 5.26. The van der Waals surface area contributed by atoms with Crippen molar-refractivity contribution in [2.45, 2.75) is 50.5 Å². The molecule has 4 rings (SSSR count). The number of ether oxygens (including phenoxy) is 1. The van der Waals surface area contributed by atoms with Gasteiger partial charge in [-0.05, 0) is 62.2 Å². The molecule has 10 nitrogen and oxygen atoms in total. The molecule has 2 N–H and O–H groups in total. The summed E-state index contributed by atoms with van der Waals surface area (Å²) in [6.45, 7) is 3.47. The quantitative estimate of drug-likeness (QED) is 0.604. The average molecular weight is 499 g/mol. The van der Waals surface area contributed by atoms with Gasteiger partial charge in [-0.1, -0.05) is 6.42 Å². The molecule has 2 amide bonds. The number of amidine groups is 1. The van der Waals surface area contributed by atoms with Crippen LogP contribution in [0.15, 0.2) is 51.8 Å². The Morgan fingerprint density at radius 2 is 1.69 bits per heavy atom. The molecule has 0 aliphatic carbocycles. The lowest BCUT2D eigenvalue weighted by molar-refractivity contribution is -0.123. The van der Waals surface area contributed by atoms with E-state index >= 15 is 0 Å². The van der Waals surface area contributed by atoms with Crippen molar-refractivity contribution < 1.29 is 27.5 Å². The molecule has 0 saturated carbocycles. The summed E-state index contributed by atoms with van der Waals surface area (Å²) in [4.78, 5) is 38.1. The second-order valence-corrected chi connectivity index (χ2v) is 10.00. The zero-order chi connectivity index (χ0) is 25.2. The minimum atomic E-state index is -3.95. The summed E-state index contributed by atoms with van der Waals surface area (Å²) in [6, 6.07) is 10.8. The van der Waals surface area contributed by atoms with E-state index < -0.39 is 28.0 Å². The lowest BCUT2D eigenvalue weighted by atomic mass is 10.1. The maximum Gasteiger partial charge on any atom is 0.338 e. The number of nitrogens with zero attached hydrogens (tertiary/aromatic N) is 2. The molecule has 1 fully saturated rings. The highest BCUT2D eigenvalue weighted by Gasteiger charge is 2.32. The van der Waals surface area contributed by atoms with Crippen molar-refractivity contribution in [2.75, 3.05) is 22.1 Å². The first kappa shape index (κ1) is 24.4. The van der Waals surface area contributed by atoms with Crippen LogP contribution < -0.4 is 15.5 Å². The number of carbonyl (C=O) groups is 3. The van der Waals surface area contributed by atoms with E-state index in [1.165, 1.54) is 26.0 Å². The average Bonchev–Trinajstić information content (AvgIpc) is 3.04. The zero-order valence-corrected chi connectivity index (χ0v) is 20.2. The number of hydrogen-bond acceptors (Lipinski definition) is 7. The van der Waals surface area contributed by atoms with Crippen LogP contribution in [0.3, 0.4) is 0 Å². The zero-order valence-electron chi connectivity index (χ0n) is 19.4. The summed E-state index contributed by atoms with van der Waals surface area (Å²) >= 11 is 0. The first-order chi connectivity index (χ1) is 16.6. The van der Waals surface area contributed by atoms with Crippen LogP contribution in [0.5, 0.6) is 0 Å². The Hall–Kier alpha value is -3.73. The third kappa shape index (κ3) is 5.51. The van der Waals surface area contributed by atoms with Gasteiger partial charge in [0.25, 0.3) is 15.9 Å². The van der Waals surface area contributed by atoms with E-state index in [1.807, 2.05) is 4.90 Å². The van der Waals surface area contributed by atoms with Crippen LogP contribution >= 0.6 is 0 Å². The molecule has 0 radical (unpaired) electrons. The number of anilines is 3. The Kier molecular flexibility index (Phi) is 6.88. The Morgan fingerprint density at radius 3 is 2.37 bits per heavy atom. The van der Waals surface area contributed by atoms with Crippen LogP contribution in [0.4, 0.5) is 17.1 Å². The summed E-state index contributed by atoms with van der Waals surface area (Å²) in [5, 5.41) is 5.25. The molecular weight excluding hydrogens is 472 g/mol. The maximum absolute atomic E-state index is 12.8. The number of benzene rings is 2. The van der Waals surface area contributed by atoms with Gasteiger partial charge in [-0.25, -0.2) is 4.79 Å². The van der Waals surface area contributed by atoms with Gasteiger partial charge in [0.2, 0.25) is 5.91 Å². The number of fused-ring (bicyclic) bond motifs is 3. The smallest absolute Gasteiger partial charge is 0.338 e. The predicted molar refractivity (Wildman–Crippen MR) is 131 cm³/mol. The van der Waals surface area contributed by atoms with Crippen molar-refractivity contribution in [1.82, 2.24) is 0 Å². The first-order valence-corrected chi connectivity index (χ1v) is 12.7. The first-order valence-electron chi connectivity index (χ1n) is 11.3. The van der Waals surface area contributed by atoms with Crippen LogP contribution in [0.1, 0.15) is 49.9 Å². The van der Waals surface area contributed by atoms with E-state index in [-0.39, 0.29) is 16.4 Å². The van der Waals surface area contributed by atoms with E-state index in [9.17, 15) is 22.8 Å². The van der Waals surface area contributed by atoms with Gasteiger partial charge < -0.3 is 20.3 Å². The second-order valence-electron chi connectivity index (χ2n) is 8.42. The molecule has 184 valence electrons. The Labute approximate surface area is 203 Å². The van der Waals surface area contributed by atoms with Crippen molar-refractivity contribution in [3.63, 3.8) is 0 Å². The fraction of sp³-hybridized carbons (Fsp3) is 0.333. The van der Waals surface area contributed by atoms with Gasteiger partial charge in [0.1, 0.15) is 10.7 Å². The maximum atomic E-state index is 12.8. The molecule has 2 heterocycles. The van der Waals surface area contributed by atoms with Crippen LogP contribution in [0.25, 0.3) is 0 Å². The Balaban J connectivity index is 1.45. The molecule has 2 aliphatic rings. The van der Waals surface area contributed by atoms with Crippen LogP contribution in [0, 0.1) is 0 Å². The van der Waals surface area contributed by atoms with E-state index in [0.29, 0.717) is 35.9 Å². The van der Waals surface area contributed by atoms with Gasteiger partial charge in [-0.15, -0.1) is 4.40 Å². The van der Waals surface area contributed by atoms with Crippen molar-refractivity contribution >= 4 is 50.7 Å². The molecule has 0 spiro atoms. The fourth-order valence-electron chi connectivity index (χ4n) is 3.97. The Morgan fingerprint density at radius 1 is 1.00 bits per heavy atom. The van der Waals surface area contributed by atoms with Gasteiger partial charge >= 0.3 is 5.97 Å². The summed E-state index contributed by atoms with van der Waals surface area (Å²) in [5.41, 5.74) is 1.55. The molecule has 2 aromatic rings. The molecule has 0 aromatic heterocycles. The van der Waals surface area contributed by atoms with Crippen molar-refractivity contribution in [2.24, 2.45) is 4.40 Å². The van der Waals surface area contributed by atoms with Gasteiger partial charge in [0.15, 0.2) is 6.10 Å². The summed E-state index contributed by atoms with van der Waals surface area (Å²) in [6.07, 6.45) is 2.25. The SMILES string of the molecule is CC(=O)Nc1ccc(NC(=O)[C@H](C)OC(=O)c2ccc3c(c2)S(=O)(=O)N=C2CCCCCN23)cc1. The predicted octanol–water partition coefficient (Wildman–Crippen LogP) is 3.31. The monoisotopic (exact) mass is 498 g/mol. The highest BCUT2D eigenvalue weighted by molar-refractivity contribution is 7.90. The van der Waals surface area contributed by atoms with Crippen molar-refractivity contribution in [1.29, 1.82) is 0 Å². The molecule has 2 aromatic carbocycles. The van der Waals surface area contributed by atoms with E-state index in [4.69, 9.17) is 4.74 Å². The van der Waals surface area contributed by atoms with Gasteiger partial charge in [0.05, 0.1) is 11.3 Å². The number of esters is 1. The largest absolute Gasteiger partial charge is 0.449 e. The summed E-state index contributed by atoms with van der Waals surface area (Å²) < 4.78 is 34.8. The summed E-state index contributed by atoms with van der Waals surface area (Å²) in [5.74, 6) is -1.07. The molecule has 11 heteroatoms. The number of amides is 2. The van der Waals surface area contributed by atoms with Crippen LogP contribution in [-0.2, 0) is 24.3 Å². The van der Waals surface area contributed by atoms with Gasteiger partial charge in [-0.2, -0.15) is 8.42 Å². The molecule has 35 heavy (non-hydrogen) atoms. The molecule has 0 bridgehead atoms. The normalized spacial score (nSPS) is 17.1. The minimum absolute atomic E-state index is 0.0140. The molecule has 1 saturated heterocycles. The topological polar surface area (TPSA) is 134 Å². The van der Waals surface area contributed by atoms with Crippen molar-refractivity contribution in [3.05, 3.63) is 48.0 Å². The lowest BCUT2D eigenvalue weighted by Crippen LogP contribution is -2.35. The molecular formula is C24H26N4O6S. The standard InChI is InChI=1S/C24H26N4O6S/c1-15(23(30)26-19-10-8-18(9-11-19)25-16(2)29)34-24(31)17-7-12-20-21(14-17)35(32,33)27-22-6-4-3-5-13-28(20)22/h7-12,14-15H,3-6,13H2,1-2H3,(H,25,29)(H,26,30)/t15-/m0/s1. The van der Waals surface area contributed by atoms with Crippen LogP contribution in [-0.4, -0.2) is 44.7 Å². The lowest BCUT2D eigenvalue weighted by Gasteiger charge is -2.29. The third-order valence-corrected chi connectivity index (χ3v) is 7.04. The third-order valence-electron chi connectivity index (χ3n) is 5.71. The van der Waals surface area contributed by atoms with E-state index in [1.54, 1.807) is 30.3 Å². The van der Waals surface area contributed by atoms with Crippen LogP contribution in [0.2, 0.25) is 0 Å². The van der Waals surface area contributed by atoms with E-state index in [2.05, 4.69) is 15.0 Å². The highest BCUT2D eigenvalue weighted by atomic mass is 32.2. The Bertz CT molecular complexity index is 1300. The van der Waals surface area contributed by atoms with Gasteiger partial charge in [0, 0.05) is 31.3 Å². The number of nitrogens with one attached hydrogen (secondary N) is 2. The van der Waals surface area contributed by atoms with Gasteiger partial charge in [-0.3, -0.25) is 9.59 Å². The number of rotatable bonds is 5. The molecule has 1 atom stereocenters. The van der Waals surface area contributed by atoms with E-state index in [0.717, 1.165) is 19.3 Å². The number of hydrogen-bond donors (Lipinski definition) is 2. The van der Waals surface area contributed by atoms with Crippen molar-refractivity contribution in [3.8, 4) is 0 Å². The molecule has 0 unspecified atom stereocenters. The number of carbonyl (C=O) groups excluding carboxylic acids is 3. The minimum Gasteiger partial charge on any atom is -0.449 e. The highest BCUT2D eigenvalue weighted by Crippen LogP contribution is 2.35.